The van der Waals surface area contributed by atoms with Gasteiger partial charge in [-0.3, -0.25) is 0 Å². The topological polar surface area (TPSA) is 26.0 Å². The van der Waals surface area contributed by atoms with Crippen LogP contribution in [0, 0.1) is 0 Å². The monoisotopic (exact) mass is 100 g/mol. The molecule has 0 unspecified atom stereocenters. The lowest BCUT2D eigenvalue weighted by Crippen LogP contribution is -1.79. The molecule has 0 saturated heterocycles. The molecule has 1 heteroatoms. The Kier molecular flexibility index (Phi) is 0.210. The van der Waals surface area contributed by atoms with Crippen LogP contribution >= 0.6 is 0 Å². The van der Waals surface area contributed by atoms with E-state index in [-0.39, 0.29) is 5.72 Å². The fourth-order valence-corrected chi connectivity index (χ4v) is 0.243. The minimum atomic E-state index is -0.541. The zero-order valence-electron chi connectivity index (χ0n) is 10.4. The SMILES string of the molecule is [2H]c1c([2H])c([2H])c(N([2H])[2H])c([2H])c1[2H]. The van der Waals surface area contributed by atoms with E-state index in [1.807, 2.05) is 0 Å². The number of rotatable bonds is 1. The fourth-order valence-electron chi connectivity index (χ4n) is 0.243. The van der Waals surface area contributed by atoms with Crippen molar-refractivity contribution in [3.05, 3.63) is 30.2 Å². The quantitative estimate of drug-likeness (QED) is 0.528. The number of para-hydroxylation sites is 1. The Bertz CT molecular complexity index is 346. The summed E-state index contributed by atoms with van der Waals surface area (Å²) in [6.07, 6.45) is 0. The van der Waals surface area contributed by atoms with Gasteiger partial charge in [-0.1, -0.05) is 18.1 Å². The number of benzene rings is 1. The van der Waals surface area contributed by atoms with Crippen molar-refractivity contribution in [2.75, 3.05) is 5.72 Å². The van der Waals surface area contributed by atoms with Crippen LogP contribution in [-0.2, 0) is 0 Å². The van der Waals surface area contributed by atoms with Gasteiger partial charge in [-0.25, -0.2) is 0 Å². The number of hydrogen-bond acceptors (Lipinski definition) is 1. The van der Waals surface area contributed by atoms with Crippen molar-refractivity contribution in [3.63, 3.8) is 0 Å². The molecule has 0 aromatic heterocycles. The van der Waals surface area contributed by atoms with Crippen LogP contribution in [0.1, 0.15) is 6.85 Å². The number of nitrogens with two attached hydrogens (primary N) is 1. The van der Waals surface area contributed by atoms with E-state index < -0.39 is 35.9 Å². The molecule has 0 amide bonds. The molecule has 2 N–H and O–H groups in total. The summed E-state index contributed by atoms with van der Waals surface area (Å²) in [7, 11) is 0. The predicted octanol–water partition coefficient (Wildman–Crippen LogP) is 1.27. The molecule has 1 aromatic rings. The maximum Gasteiger partial charge on any atom is 0.156 e. The predicted molar refractivity (Wildman–Crippen MR) is 30.9 cm³/mol. The number of anilines is 1. The second-order valence-electron chi connectivity index (χ2n) is 0.974. The first-order chi connectivity index (χ1) is 6.37. The third-order valence-corrected chi connectivity index (χ3v) is 0.487. The number of hydrogen-bond donors (Lipinski definition) is 1. The summed E-state index contributed by atoms with van der Waals surface area (Å²) in [5.74, 6) is 0. The summed E-state index contributed by atoms with van der Waals surface area (Å²) < 4.78 is 50.1. The standard InChI is InChI=1S/C6H7N/c7-6-4-2-1-3-5-6/h1-5H,7H2/i1D,2D,3D,4D,5D/hD2. The Labute approximate surface area is 52.7 Å². The van der Waals surface area contributed by atoms with E-state index in [0.717, 1.165) is 0 Å². The van der Waals surface area contributed by atoms with Crippen LogP contribution in [0.4, 0.5) is 5.69 Å². The van der Waals surface area contributed by atoms with Crippen molar-refractivity contribution in [2.45, 2.75) is 0 Å². The van der Waals surface area contributed by atoms with Crippen LogP contribution in [0.15, 0.2) is 30.2 Å². The molecule has 36 valence electrons. The van der Waals surface area contributed by atoms with Crippen LogP contribution < -0.4 is 5.72 Å². The Balaban J connectivity index is 3.60. The Morgan fingerprint density at radius 3 is 2.71 bits per heavy atom. The lowest BCUT2D eigenvalue weighted by molar-refractivity contribution is 1.69. The highest BCUT2D eigenvalue weighted by molar-refractivity contribution is 5.35. The molecule has 0 atom stereocenters. The Morgan fingerprint density at radius 1 is 1.43 bits per heavy atom. The third kappa shape index (κ3) is 0.929. The molecule has 0 fully saturated rings. The molecule has 1 aromatic carbocycles. The minimum absolute atomic E-state index is 0.0141. The highest BCUT2D eigenvalue weighted by Gasteiger charge is 1.72. The zero-order chi connectivity index (χ0) is 11.0. The van der Waals surface area contributed by atoms with Crippen LogP contribution in [0.2, 0.25) is 2.82 Å². The summed E-state index contributed by atoms with van der Waals surface area (Å²) in [6.45, 7) is 0. The normalized spacial score (nSPS) is 22.0. The van der Waals surface area contributed by atoms with E-state index in [1.165, 1.54) is 0 Å². The van der Waals surface area contributed by atoms with E-state index in [2.05, 4.69) is 0 Å². The van der Waals surface area contributed by atoms with E-state index in [0.29, 0.717) is 0 Å². The third-order valence-electron chi connectivity index (χ3n) is 0.487. The number of nitrogen functional groups attached to an aromatic ring is 1. The molecule has 0 aliphatic carbocycles. The first-order valence-electron chi connectivity index (χ1n) is 5.12. The fraction of sp³-hybridized carbons (Fsp3) is 0. The summed E-state index contributed by atoms with van der Waals surface area (Å²) in [4.78, 5) is 0. The molecular formula is C6H7N. The summed E-state index contributed by atoms with van der Waals surface area (Å²) in [5, 5.41) is 0. The highest BCUT2D eigenvalue weighted by atomic mass is 14.5. The van der Waals surface area contributed by atoms with Crippen molar-refractivity contribution < 1.29 is 9.68 Å². The van der Waals surface area contributed by atoms with Crippen LogP contribution in [0.25, 0.3) is 0 Å². The first-order valence-corrected chi connectivity index (χ1v) is 1.72. The van der Waals surface area contributed by atoms with Gasteiger partial charge in [-0.05, 0) is 12.1 Å². The van der Waals surface area contributed by atoms with Gasteiger partial charge < -0.3 is 5.72 Å². The zero-order valence-corrected chi connectivity index (χ0v) is 3.45. The van der Waals surface area contributed by atoms with E-state index >= 15 is 0 Å². The van der Waals surface area contributed by atoms with Gasteiger partial charge in [-0.2, -0.15) is 0 Å². The first kappa shape index (κ1) is 0.895. The summed E-state index contributed by atoms with van der Waals surface area (Å²) in [6, 6.07) is -2.68. The van der Waals surface area contributed by atoms with Crippen molar-refractivity contribution in [1.29, 1.82) is 0 Å². The van der Waals surface area contributed by atoms with Crippen LogP contribution in [0.5, 0.6) is 0 Å². The highest BCUT2D eigenvalue weighted by Crippen LogP contribution is 1.95. The molecule has 7 heavy (non-hydrogen) atoms. The van der Waals surface area contributed by atoms with Crippen molar-refractivity contribution in [1.82, 2.24) is 0 Å². The molecule has 0 radical (unpaired) electrons. The molecule has 1 nitrogen and oxygen atoms in total. The molecule has 0 saturated carbocycles. The van der Waals surface area contributed by atoms with Crippen molar-refractivity contribution >= 4 is 5.69 Å². The lowest BCUT2D eigenvalue weighted by Gasteiger charge is -1.83. The molecule has 0 spiro atoms. The van der Waals surface area contributed by atoms with Crippen LogP contribution in [0.3, 0.4) is 0 Å². The van der Waals surface area contributed by atoms with Gasteiger partial charge >= 0.3 is 0 Å². The largest absolute Gasteiger partial charge is 0.399 e. The van der Waals surface area contributed by atoms with E-state index in [9.17, 15) is 0 Å². The average molecular weight is 100 g/mol. The van der Waals surface area contributed by atoms with Gasteiger partial charge in [0.25, 0.3) is 0 Å². The van der Waals surface area contributed by atoms with Crippen molar-refractivity contribution in [3.8, 4) is 0 Å². The molecule has 0 aliphatic heterocycles. The summed E-state index contributed by atoms with van der Waals surface area (Å²) in [5.41, 5.74) is -0.434. The average Bonchev–Trinajstić information content (AvgIpc) is 2.11. The maximum absolute atomic E-state index is 7.31. The van der Waals surface area contributed by atoms with Gasteiger partial charge in [0.1, 0.15) is 0 Å². The minimum Gasteiger partial charge on any atom is -0.399 e. The van der Waals surface area contributed by atoms with Crippen molar-refractivity contribution in [2.24, 2.45) is 0 Å². The molecule has 1 rings (SSSR count). The molecular weight excluding hydrogens is 86.1 g/mol. The van der Waals surface area contributed by atoms with Crippen LogP contribution in [-0.4, -0.2) is 0 Å². The van der Waals surface area contributed by atoms with Gasteiger partial charge in [-0.15, -0.1) is 0 Å². The van der Waals surface area contributed by atoms with E-state index in [4.69, 9.17) is 9.68 Å². The Morgan fingerprint density at radius 2 is 2.14 bits per heavy atom. The van der Waals surface area contributed by atoms with Gasteiger partial charge in [0.05, 0.1) is 6.85 Å². The molecule has 0 bridgehead atoms. The van der Waals surface area contributed by atoms with E-state index in [1.54, 1.807) is 0 Å². The second-order valence-corrected chi connectivity index (χ2v) is 0.974. The van der Waals surface area contributed by atoms with Gasteiger partial charge in [0, 0.05) is 5.69 Å². The Hall–Kier alpha value is -0.980. The van der Waals surface area contributed by atoms with Gasteiger partial charge in [0.15, 0.2) is 2.82 Å². The smallest absolute Gasteiger partial charge is 0.156 e. The second kappa shape index (κ2) is 1.65. The summed E-state index contributed by atoms with van der Waals surface area (Å²) >= 11 is 0. The molecule has 0 aliphatic rings. The maximum atomic E-state index is 7.31. The lowest BCUT2D eigenvalue weighted by atomic mass is 10.3. The van der Waals surface area contributed by atoms with Gasteiger partial charge in [0.2, 0.25) is 0 Å². The molecule has 0 heterocycles.